The lowest BCUT2D eigenvalue weighted by Gasteiger charge is -2.37. The van der Waals surface area contributed by atoms with Crippen molar-refractivity contribution in [1.29, 1.82) is 0 Å². The molecule has 2 aliphatic rings. The molecule has 2 saturated heterocycles. The van der Waals surface area contributed by atoms with Gasteiger partial charge >= 0.3 is 0 Å². The zero-order valence-electron chi connectivity index (χ0n) is 19.5. The fraction of sp³-hybridized carbons (Fsp3) is 0.481. The Morgan fingerprint density at radius 3 is 2.21 bits per heavy atom. The third kappa shape index (κ3) is 5.01. The van der Waals surface area contributed by atoms with Gasteiger partial charge in [0.05, 0.1) is 32.0 Å². The number of hydrogen-bond acceptors (Lipinski definition) is 3. The first-order chi connectivity index (χ1) is 16.4. The maximum atomic E-state index is 15.0. The molecule has 0 aromatic heterocycles. The van der Waals surface area contributed by atoms with E-state index in [0.717, 1.165) is 19.3 Å². The summed E-state index contributed by atoms with van der Waals surface area (Å²) in [5.74, 6) is -5.01. The van der Waals surface area contributed by atoms with E-state index in [4.69, 9.17) is 14.2 Å². The topological polar surface area (TPSA) is 27.7 Å². The van der Waals surface area contributed by atoms with Crippen LogP contribution >= 0.6 is 0 Å². The van der Waals surface area contributed by atoms with E-state index in [1.54, 1.807) is 6.92 Å². The second-order valence-corrected chi connectivity index (χ2v) is 8.88. The number of hydrogen-bond donors (Lipinski definition) is 0. The molecule has 2 fully saturated rings. The van der Waals surface area contributed by atoms with Gasteiger partial charge in [0.2, 0.25) is 5.82 Å². The first-order valence-corrected chi connectivity index (χ1v) is 11.9. The highest BCUT2D eigenvalue weighted by Crippen LogP contribution is 2.38. The second kappa shape index (κ2) is 10.9. The van der Waals surface area contributed by atoms with E-state index < -0.39 is 23.3 Å². The summed E-state index contributed by atoms with van der Waals surface area (Å²) in [5, 5.41) is 0. The quantitative estimate of drug-likeness (QED) is 0.332. The van der Waals surface area contributed by atoms with E-state index >= 15 is 4.39 Å². The van der Waals surface area contributed by atoms with Crippen molar-refractivity contribution < 1.29 is 31.8 Å². The van der Waals surface area contributed by atoms with Gasteiger partial charge in [-0.3, -0.25) is 0 Å². The third-order valence-electron chi connectivity index (χ3n) is 6.78. The zero-order valence-corrected chi connectivity index (χ0v) is 19.5. The molecule has 4 unspecified atom stereocenters. The maximum absolute atomic E-state index is 15.0. The molecule has 3 nitrogen and oxygen atoms in total. The fourth-order valence-corrected chi connectivity index (χ4v) is 4.94. The van der Waals surface area contributed by atoms with Gasteiger partial charge in [0, 0.05) is 23.0 Å². The highest BCUT2D eigenvalue weighted by atomic mass is 19.2. The van der Waals surface area contributed by atoms with Crippen molar-refractivity contribution in [3.8, 4) is 16.9 Å². The van der Waals surface area contributed by atoms with Gasteiger partial charge in [0.1, 0.15) is 0 Å². The summed E-state index contributed by atoms with van der Waals surface area (Å²) in [7, 11) is 0. The van der Waals surface area contributed by atoms with Crippen LogP contribution in [0.1, 0.15) is 51.0 Å². The van der Waals surface area contributed by atoms with E-state index in [9.17, 15) is 13.2 Å². The van der Waals surface area contributed by atoms with Crippen molar-refractivity contribution in [3.05, 3.63) is 65.2 Å². The average Bonchev–Trinajstić information content (AvgIpc) is 2.85. The predicted molar refractivity (Wildman–Crippen MR) is 122 cm³/mol. The van der Waals surface area contributed by atoms with Crippen LogP contribution < -0.4 is 4.74 Å². The fourth-order valence-electron chi connectivity index (χ4n) is 4.94. The number of ether oxygens (including phenoxy) is 3. The van der Waals surface area contributed by atoms with Gasteiger partial charge in [-0.1, -0.05) is 24.3 Å². The van der Waals surface area contributed by atoms with Crippen molar-refractivity contribution >= 4 is 0 Å². The molecular weight excluding hydrogens is 448 g/mol. The van der Waals surface area contributed by atoms with Crippen molar-refractivity contribution in [2.45, 2.75) is 57.7 Å². The Labute approximate surface area is 197 Å². The van der Waals surface area contributed by atoms with Crippen molar-refractivity contribution in [1.82, 2.24) is 0 Å². The lowest BCUT2D eigenvalue weighted by atomic mass is 9.84. The first-order valence-electron chi connectivity index (χ1n) is 11.9. The molecule has 2 aliphatic heterocycles. The molecule has 0 N–H and O–H groups in total. The minimum atomic E-state index is -1.27. The van der Waals surface area contributed by atoms with Crippen LogP contribution in [-0.4, -0.2) is 32.0 Å². The monoisotopic (exact) mass is 478 g/mol. The van der Waals surface area contributed by atoms with Crippen LogP contribution in [0.5, 0.6) is 5.75 Å². The molecule has 2 heterocycles. The zero-order chi connectivity index (χ0) is 24.2. The molecule has 0 saturated carbocycles. The van der Waals surface area contributed by atoms with Crippen LogP contribution in [0.25, 0.3) is 11.1 Å². The summed E-state index contributed by atoms with van der Waals surface area (Å²) in [6.07, 6.45) is 7.58. The molecule has 7 heteroatoms. The number of halogens is 4. The molecule has 2 aromatic carbocycles. The van der Waals surface area contributed by atoms with Gasteiger partial charge < -0.3 is 14.2 Å². The molecule has 0 bridgehead atoms. The average molecular weight is 479 g/mol. The van der Waals surface area contributed by atoms with E-state index in [1.807, 2.05) is 13.0 Å². The lowest BCUT2D eigenvalue weighted by Crippen LogP contribution is -2.37. The van der Waals surface area contributed by atoms with Gasteiger partial charge in [0.25, 0.3) is 0 Å². The van der Waals surface area contributed by atoms with E-state index in [2.05, 4.69) is 6.08 Å². The van der Waals surface area contributed by atoms with Crippen molar-refractivity contribution in [3.63, 3.8) is 0 Å². The second-order valence-electron chi connectivity index (χ2n) is 8.88. The summed E-state index contributed by atoms with van der Waals surface area (Å²) in [4.78, 5) is 0. The molecular formula is C27H30F4O3. The van der Waals surface area contributed by atoms with Crippen LogP contribution in [-0.2, 0) is 9.47 Å². The highest BCUT2D eigenvalue weighted by Gasteiger charge is 2.33. The molecule has 34 heavy (non-hydrogen) atoms. The van der Waals surface area contributed by atoms with Gasteiger partial charge in [-0.2, -0.15) is 4.39 Å². The molecule has 0 aliphatic carbocycles. The number of benzene rings is 2. The van der Waals surface area contributed by atoms with Gasteiger partial charge in [0.15, 0.2) is 23.2 Å². The minimum absolute atomic E-state index is 0.0379. The summed E-state index contributed by atoms with van der Waals surface area (Å²) < 4.78 is 75.7. The third-order valence-corrected chi connectivity index (χ3v) is 6.78. The minimum Gasteiger partial charge on any atom is -0.491 e. The van der Waals surface area contributed by atoms with E-state index in [-0.39, 0.29) is 53.8 Å². The van der Waals surface area contributed by atoms with Gasteiger partial charge in [-0.25, -0.2) is 13.2 Å². The summed E-state index contributed by atoms with van der Waals surface area (Å²) in [6, 6.07) is 5.16. The van der Waals surface area contributed by atoms with E-state index in [0.29, 0.717) is 18.9 Å². The Kier molecular flexibility index (Phi) is 7.94. The number of allylic oxidation sites excluding steroid dienone is 1. The Bertz CT molecular complexity index is 1020. The highest BCUT2D eigenvalue weighted by molar-refractivity contribution is 5.66. The molecule has 0 radical (unpaired) electrons. The largest absolute Gasteiger partial charge is 0.491 e. The molecule has 2 aromatic rings. The van der Waals surface area contributed by atoms with Crippen molar-refractivity contribution in [2.24, 2.45) is 5.92 Å². The molecule has 0 spiro atoms. The van der Waals surface area contributed by atoms with Crippen LogP contribution in [0.15, 0.2) is 36.4 Å². The Balaban J connectivity index is 1.45. The Hall–Kier alpha value is -2.38. The number of rotatable bonds is 6. The van der Waals surface area contributed by atoms with Gasteiger partial charge in [-0.15, -0.1) is 0 Å². The molecule has 0 amide bonds. The van der Waals surface area contributed by atoms with E-state index in [1.165, 1.54) is 24.3 Å². The Morgan fingerprint density at radius 1 is 0.853 bits per heavy atom. The summed E-state index contributed by atoms with van der Waals surface area (Å²) >= 11 is 0. The SMILES string of the molecule is C/C=C/C1CCC(C2CCC(c3ccc(-c4ccc(OCC)c(F)c4F)c(F)c3F)CO2)CO1. The normalized spacial score (nSPS) is 25.6. The smallest absolute Gasteiger partial charge is 0.201 e. The molecule has 4 atom stereocenters. The van der Waals surface area contributed by atoms with Crippen LogP contribution in [0.3, 0.4) is 0 Å². The van der Waals surface area contributed by atoms with Crippen molar-refractivity contribution in [2.75, 3.05) is 19.8 Å². The standard InChI is InChI=1S/C27H30F4O3/c1-3-5-18-8-6-17(15-33-18)22-12-7-16(14-34-22)19-9-10-20(25(29)24(19)28)21-11-13-23(32-4-2)27(31)26(21)30/h3,5,9-11,13,16-18,22H,4,6-8,12,14-15H2,1-2H3/b5-3+. The summed E-state index contributed by atoms with van der Waals surface area (Å²) in [6.45, 7) is 4.68. The molecule has 4 rings (SSSR count). The molecule has 184 valence electrons. The van der Waals surface area contributed by atoms with Crippen LogP contribution in [0.4, 0.5) is 17.6 Å². The van der Waals surface area contributed by atoms with Crippen LogP contribution in [0.2, 0.25) is 0 Å². The maximum Gasteiger partial charge on any atom is 0.201 e. The summed E-state index contributed by atoms with van der Waals surface area (Å²) in [5.41, 5.74) is -0.484. The van der Waals surface area contributed by atoms with Gasteiger partial charge in [-0.05, 0) is 57.2 Å². The van der Waals surface area contributed by atoms with Crippen LogP contribution in [0, 0.1) is 29.2 Å². The lowest BCUT2D eigenvalue weighted by molar-refractivity contribution is -0.0858. The predicted octanol–water partition coefficient (Wildman–Crippen LogP) is 6.94. The first kappa shape index (κ1) is 24.7. The Morgan fingerprint density at radius 2 is 1.59 bits per heavy atom.